The Balaban J connectivity index is 3.36. The predicted molar refractivity (Wildman–Crippen MR) is 22.7 cm³/mol. The number of alkyl halides is 3. The molecule has 44 valence electrons. The van der Waals surface area contributed by atoms with Crippen molar-refractivity contribution in [3.63, 3.8) is 0 Å². The largest absolute Gasteiger partial charge is 0.368 e. The molecule has 0 aliphatic heterocycles. The van der Waals surface area contributed by atoms with Crippen molar-refractivity contribution >= 4 is 11.6 Å². The summed E-state index contributed by atoms with van der Waals surface area (Å²) in [5, 5.41) is 0. The second-order valence-corrected chi connectivity index (χ2v) is 1.24. The van der Waals surface area contributed by atoms with E-state index in [0.29, 0.717) is 0 Å². The van der Waals surface area contributed by atoms with Gasteiger partial charge in [-0.05, 0) is 0 Å². The molecule has 0 fully saturated rings. The molecule has 0 amide bonds. The molecule has 1 nitrogen and oxygen atoms in total. The Morgan fingerprint density at radius 2 is 2.14 bits per heavy atom. The molecule has 0 saturated carbocycles. The minimum atomic E-state index is -3.15. The van der Waals surface area contributed by atoms with Gasteiger partial charge in [0.2, 0.25) is 0 Å². The smallest absolute Gasteiger partial charge is 0.323 e. The predicted octanol–water partition coefficient (Wildman–Crippen LogP) is 1.46. The van der Waals surface area contributed by atoms with Crippen LogP contribution in [0.25, 0.3) is 0 Å². The highest BCUT2D eigenvalue weighted by Gasteiger charge is 2.25. The highest BCUT2D eigenvalue weighted by molar-refractivity contribution is 6.18. The first-order valence-corrected chi connectivity index (χ1v) is 2.15. The van der Waals surface area contributed by atoms with Crippen LogP contribution >= 0.6 is 11.6 Å². The van der Waals surface area contributed by atoms with Crippen LogP contribution in [0.4, 0.5) is 8.78 Å². The Morgan fingerprint density at radius 1 is 1.71 bits per heavy atom. The molecule has 0 aliphatic carbocycles. The SMILES string of the molecule is COC(F)(F)CCl. The van der Waals surface area contributed by atoms with E-state index < -0.39 is 12.0 Å². The quantitative estimate of drug-likeness (QED) is 0.515. The maximum Gasteiger partial charge on any atom is 0.368 e. The lowest BCUT2D eigenvalue weighted by molar-refractivity contribution is -0.202. The fourth-order valence-electron chi connectivity index (χ4n) is 0.0546. The number of ether oxygens (including phenoxy) is 1. The minimum absolute atomic E-state index is 0.788. The standard InChI is InChI=1S/C3H5ClF2O/c1-7-3(5,6)2-4/h2H2,1H3. The second-order valence-electron chi connectivity index (χ2n) is 0.975. The maximum absolute atomic E-state index is 11.5. The second kappa shape index (κ2) is 2.43. The average Bonchev–Trinajstić information content (AvgIpc) is 1.68. The van der Waals surface area contributed by atoms with Gasteiger partial charge in [0.05, 0.1) is 0 Å². The van der Waals surface area contributed by atoms with Gasteiger partial charge in [-0.2, -0.15) is 8.78 Å². The van der Waals surface area contributed by atoms with Crippen molar-refractivity contribution < 1.29 is 13.5 Å². The zero-order valence-corrected chi connectivity index (χ0v) is 4.51. The molecule has 0 aromatic rings. The Bertz CT molecular complexity index is 50.9. The van der Waals surface area contributed by atoms with E-state index in [-0.39, 0.29) is 0 Å². The molecule has 0 rings (SSSR count). The van der Waals surface area contributed by atoms with Gasteiger partial charge in [0.25, 0.3) is 0 Å². The lowest BCUT2D eigenvalue weighted by Crippen LogP contribution is -2.19. The summed E-state index contributed by atoms with van der Waals surface area (Å²) in [6.07, 6.45) is -3.15. The molecular formula is C3H5ClF2O. The van der Waals surface area contributed by atoms with Crippen molar-refractivity contribution in [3.05, 3.63) is 0 Å². The molecule has 0 aromatic carbocycles. The van der Waals surface area contributed by atoms with E-state index in [9.17, 15) is 8.78 Å². The molecule has 7 heavy (non-hydrogen) atoms. The summed E-state index contributed by atoms with van der Waals surface area (Å²) >= 11 is 4.72. The Labute approximate surface area is 45.2 Å². The lowest BCUT2D eigenvalue weighted by atomic mass is 10.7. The molecule has 0 unspecified atom stereocenters. The van der Waals surface area contributed by atoms with E-state index in [0.717, 1.165) is 7.11 Å². The van der Waals surface area contributed by atoms with Gasteiger partial charge in [-0.25, -0.2) is 0 Å². The zero-order valence-electron chi connectivity index (χ0n) is 3.75. The molecule has 0 aliphatic rings. The summed E-state index contributed by atoms with van der Waals surface area (Å²) in [5.41, 5.74) is 0. The van der Waals surface area contributed by atoms with Crippen LogP contribution in [-0.4, -0.2) is 19.1 Å². The van der Waals surface area contributed by atoms with E-state index in [4.69, 9.17) is 11.6 Å². The van der Waals surface area contributed by atoms with Gasteiger partial charge < -0.3 is 4.74 Å². The van der Waals surface area contributed by atoms with Crippen LogP contribution in [0.1, 0.15) is 0 Å². The van der Waals surface area contributed by atoms with Gasteiger partial charge in [0.1, 0.15) is 5.88 Å². The molecule has 0 radical (unpaired) electrons. The van der Waals surface area contributed by atoms with Crippen molar-refractivity contribution in [1.82, 2.24) is 0 Å². The third-order valence-corrected chi connectivity index (χ3v) is 0.765. The first kappa shape index (κ1) is 7.11. The van der Waals surface area contributed by atoms with Crippen LogP contribution in [0.2, 0.25) is 0 Å². The number of rotatable bonds is 2. The third-order valence-electron chi connectivity index (χ3n) is 0.454. The Hall–Kier alpha value is 0.110. The number of hydrogen-bond acceptors (Lipinski definition) is 1. The Morgan fingerprint density at radius 3 is 2.14 bits per heavy atom. The molecule has 0 heterocycles. The van der Waals surface area contributed by atoms with Crippen molar-refractivity contribution in [3.8, 4) is 0 Å². The lowest BCUT2D eigenvalue weighted by Gasteiger charge is -2.07. The summed E-state index contributed by atoms with van der Waals surface area (Å²) in [4.78, 5) is 0. The van der Waals surface area contributed by atoms with Crippen LogP contribution in [-0.2, 0) is 4.74 Å². The van der Waals surface area contributed by atoms with Crippen LogP contribution in [0.15, 0.2) is 0 Å². The van der Waals surface area contributed by atoms with Crippen LogP contribution in [0, 0.1) is 0 Å². The molecule has 0 aromatic heterocycles. The summed E-state index contributed by atoms with van der Waals surface area (Å²) in [5.74, 6) is -0.788. The molecular weight excluding hydrogens is 125 g/mol. The normalized spacial score (nSPS) is 12.0. The van der Waals surface area contributed by atoms with E-state index >= 15 is 0 Å². The molecule has 0 atom stereocenters. The van der Waals surface area contributed by atoms with E-state index in [1.54, 1.807) is 0 Å². The summed E-state index contributed by atoms with van der Waals surface area (Å²) < 4.78 is 26.7. The van der Waals surface area contributed by atoms with E-state index in [1.807, 2.05) is 0 Å². The van der Waals surface area contributed by atoms with E-state index in [1.165, 1.54) is 0 Å². The molecule has 0 bridgehead atoms. The number of hydrogen-bond donors (Lipinski definition) is 0. The van der Waals surface area contributed by atoms with Gasteiger partial charge in [0, 0.05) is 7.11 Å². The van der Waals surface area contributed by atoms with Gasteiger partial charge >= 0.3 is 6.11 Å². The fourth-order valence-corrected chi connectivity index (χ4v) is 0.164. The third kappa shape index (κ3) is 2.76. The summed E-state index contributed by atoms with van der Waals surface area (Å²) in [7, 11) is 0.905. The first-order valence-electron chi connectivity index (χ1n) is 1.61. The van der Waals surface area contributed by atoms with Crippen molar-refractivity contribution in [2.75, 3.05) is 13.0 Å². The monoisotopic (exact) mass is 130 g/mol. The molecule has 4 heteroatoms. The Kier molecular flexibility index (Phi) is 2.46. The fraction of sp³-hybridized carbons (Fsp3) is 1.00. The van der Waals surface area contributed by atoms with Crippen LogP contribution < -0.4 is 0 Å². The molecule has 0 saturated heterocycles. The van der Waals surface area contributed by atoms with Crippen molar-refractivity contribution in [1.29, 1.82) is 0 Å². The van der Waals surface area contributed by atoms with Crippen LogP contribution in [0.5, 0.6) is 0 Å². The number of halogens is 3. The number of methoxy groups -OCH3 is 1. The van der Waals surface area contributed by atoms with Gasteiger partial charge in [-0.15, -0.1) is 11.6 Å². The van der Waals surface area contributed by atoms with Gasteiger partial charge in [-0.1, -0.05) is 0 Å². The highest BCUT2D eigenvalue weighted by Crippen LogP contribution is 2.14. The van der Waals surface area contributed by atoms with E-state index in [2.05, 4.69) is 4.74 Å². The zero-order chi connectivity index (χ0) is 5.91. The average molecular weight is 131 g/mol. The molecule has 0 N–H and O–H groups in total. The first-order chi connectivity index (χ1) is 3.12. The summed E-state index contributed by atoms with van der Waals surface area (Å²) in [6, 6.07) is 0. The minimum Gasteiger partial charge on any atom is -0.323 e. The maximum atomic E-state index is 11.5. The van der Waals surface area contributed by atoms with Gasteiger partial charge in [0.15, 0.2) is 0 Å². The highest BCUT2D eigenvalue weighted by atomic mass is 35.5. The van der Waals surface area contributed by atoms with Crippen LogP contribution in [0.3, 0.4) is 0 Å². The van der Waals surface area contributed by atoms with Crippen molar-refractivity contribution in [2.24, 2.45) is 0 Å². The topological polar surface area (TPSA) is 9.23 Å². The summed E-state index contributed by atoms with van der Waals surface area (Å²) in [6.45, 7) is 0. The molecule has 0 spiro atoms. The van der Waals surface area contributed by atoms with Crippen molar-refractivity contribution in [2.45, 2.75) is 6.11 Å². The van der Waals surface area contributed by atoms with Gasteiger partial charge in [-0.3, -0.25) is 0 Å².